The largest absolute Gasteiger partial charge is 0.481 e. The summed E-state index contributed by atoms with van der Waals surface area (Å²) in [5, 5.41) is 9.40. The van der Waals surface area contributed by atoms with Crippen LogP contribution in [-0.4, -0.2) is 35.1 Å². The summed E-state index contributed by atoms with van der Waals surface area (Å²) >= 11 is 0. The maximum atomic E-state index is 13.2. The van der Waals surface area contributed by atoms with Crippen LogP contribution in [0.15, 0.2) is 24.3 Å². The van der Waals surface area contributed by atoms with Gasteiger partial charge < -0.3 is 5.11 Å². The molecule has 4 rings (SSSR count). The normalized spacial score (nSPS) is 28.0. The first kappa shape index (κ1) is 25.5. The van der Waals surface area contributed by atoms with Crippen LogP contribution in [0.1, 0.15) is 101 Å². The van der Waals surface area contributed by atoms with E-state index < -0.39 is 17.7 Å². The Morgan fingerprint density at radius 1 is 1.00 bits per heavy atom. The van der Waals surface area contributed by atoms with E-state index in [1.54, 1.807) is 12.1 Å². The fourth-order valence-corrected chi connectivity index (χ4v) is 7.11. The number of aliphatic carboxylic acids is 1. The number of nitrogens with zero attached hydrogens (tertiary/aromatic N) is 1. The molecule has 190 valence electrons. The second-order valence-electron chi connectivity index (χ2n) is 11.7. The quantitative estimate of drug-likeness (QED) is 0.419. The van der Waals surface area contributed by atoms with Crippen LogP contribution in [0.3, 0.4) is 0 Å². The van der Waals surface area contributed by atoms with Crippen LogP contribution in [0, 0.1) is 17.3 Å². The molecule has 3 nitrogen and oxygen atoms in total. The Balaban J connectivity index is 1.61. The van der Waals surface area contributed by atoms with Gasteiger partial charge in [0.1, 0.15) is 0 Å². The fourth-order valence-electron chi connectivity index (χ4n) is 7.11. The van der Waals surface area contributed by atoms with Crippen LogP contribution < -0.4 is 0 Å². The van der Waals surface area contributed by atoms with Gasteiger partial charge >= 0.3 is 12.1 Å². The van der Waals surface area contributed by atoms with Gasteiger partial charge in [-0.2, -0.15) is 13.2 Å². The summed E-state index contributed by atoms with van der Waals surface area (Å²) in [4.78, 5) is 14.1. The number of carboxylic acids is 1. The number of hydrogen-bond acceptors (Lipinski definition) is 2. The summed E-state index contributed by atoms with van der Waals surface area (Å²) in [7, 11) is 0. The minimum Gasteiger partial charge on any atom is -0.481 e. The van der Waals surface area contributed by atoms with Crippen LogP contribution in [0.25, 0.3) is 0 Å². The van der Waals surface area contributed by atoms with E-state index in [2.05, 4.69) is 11.8 Å². The van der Waals surface area contributed by atoms with Crippen molar-refractivity contribution in [1.82, 2.24) is 4.90 Å². The molecule has 6 heteroatoms. The number of rotatable bonds is 8. The zero-order valence-electron chi connectivity index (χ0n) is 20.5. The maximum absolute atomic E-state index is 13.2. The number of halogens is 3. The SMILES string of the molecule is CC1(CN(CC2CCCC2)[C@@H]2CCC(CC(=O)O)CC2c2ccc(C(F)(F)F)cc2)CCCC1. The first-order valence-electron chi connectivity index (χ1n) is 13.3. The van der Waals surface area contributed by atoms with E-state index in [0.29, 0.717) is 11.3 Å². The van der Waals surface area contributed by atoms with Crippen molar-refractivity contribution >= 4 is 5.97 Å². The monoisotopic (exact) mass is 479 g/mol. The molecule has 34 heavy (non-hydrogen) atoms. The predicted octanol–water partition coefficient (Wildman–Crippen LogP) is 7.50. The van der Waals surface area contributed by atoms with E-state index in [9.17, 15) is 23.1 Å². The Kier molecular flexibility index (Phi) is 7.95. The summed E-state index contributed by atoms with van der Waals surface area (Å²) in [5.74, 6) is 0.0779. The van der Waals surface area contributed by atoms with Gasteiger partial charge in [-0.15, -0.1) is 0 Å². The predicted molar refractivity (Wildman–Crippen MR) is 128 cm³/mol. The maximum Gasteiger partial charge on any atom is 0.416 e. The van der Waals surface area contributed by atoms with E-state index in [1.165, 1.54) is 63.5 Å². The summed E-state index contributed by atoms with van der Waals surface area (Å²) in [6, 6.07) is 5.96. The molecule has 1 aromatic carbocycles. The van der Waals surface area contributed by atoms with Crippen LogP contribution in [0.2, 0.25) is 0 Å². The van der Waals surface area contributed by atoms with Crippen LogP contribution in [0.4, 0.5) is 13.2 Å². The molecule has 3 aliphatic rings. The van der Waals surface area contributed by atoms with Crippen molar-refractivity contribution in [3.05, 3.63) is 35.4 Å². The third-order valence-corrected chi connectivity index (χ3v) is 8.88. The van der Waals surface area contributed by atoms with Crippen molar-refractivity contribution in [3.63, 3.8) is 0 Å². The molecule has 0 bridgehead atoms. The van der Waals surface area contributed by atoms with Gasteiger partial charge in [-0.05, 0) is 85.8 Å². The average Bonchev–Trinajstić information content (AvgIpc) is 3.44. The van der Waals surface area contributed by atoms with Crippen molar-refractivity contribution in [1.29, 1.82) is 0 Å². The molecule has 0 aromatic heterocycles. The lowest BCUT2D eigenvalue weighted by atomic mass is 9.72. The first-order chi connectivity index (χ1) is 16.1. The molecule has 0 amide bonds. The lowest BCUT2D eigenvalue weighted by Gasteiger charge is -2.46. The fraction of sp³-hybridized carbons (Fsp3) is 0.750. The van der Waals surface area contributed by atoms with Gasteiger partial charge in [-0.3, -0.25) is 9.69 Å². The van der Waals surface area contributed by atoms with E-state index in [4.69, 9.17) is 0 Å². The third kappa shape index (κ3) is 6.35. The molecule has 0 radical (unpaired) electrons. The van der Waals surface area contributed by atoms with Gasteiger partial charge in [0.05, 0.1) is 5.56 Å². The zero-order valence-corrected chi connectivity index (χ0v) is 20.5. The molecule has 3 saturated carbocycles. The molecular weight excluding hydrogens is 439 g/mol. The average molecular weight is 480 g/mol. The van der Waals surface area contributed by atoms with Crippen LogP contribution in [0.5, 0.6) is 0 Å². The van der Waals surface area contributed by atoms with E-state index in [1.807, 2.05) is 0 Å². The molecule has 0 saturated heterocycles. The molecule has 3 atom stereocenters. The van der Waals surface area contributed by atoms with Crippen LogP contribution >= 0.6 is 0 Å². The summed E-state index contributed by atoms with van der Waals surface area (Å²) in [6.45, 7) is 4.53. The molecule has 0 aliphatic heterocycles. The molecule has 3 fully saturated rings. The van der Waals surface area contributed by atoms with Gasteiger partial charge in [0.2, 0.25) is 0 Å². The van der Waals surface area contributed by atoms with Crippen molar-refractivity contribution in [2.45, 2.75) is 102 Å². The number of carboxylic acid groups (broad SMARTS) is 1. The van der Waals surface area contributed by atoms with E-state index in [0.717, 1.165) is 37.9 Å². The minimum atomic E-state index is -4.35. The Hall–Kier alpha value is -1.56. The highest BCUT2D eigenvalue weighted by Gasteiger charge is 2.40. The number of alkyl halides is 3. The van der Waals surface area contributed by atoms with Gasteiger partial charge in [-0.1, -0.05) is 44.7 Å². The summed E-state index contributed by atoms with van der Waals surface area (Å²) in [6.07, 6.45) is 8.51. The topological polar surface area (TPSA) is 40.5 Å². The van der Waals surface area contributed by atoms with Gasteiger partial charge in [-0.25, -0.2) is 0 Å². The summed E-state index contributed by atoms with van der Waals surface area (Å²) in [5.41, 5.74) is 0.620. The molecule has 1 N–H and O–H groups in total. The van der Waals surface area contributed by atoms with Gasteiger partial charge in [0.15, 0.2) is 0 Å². The van der Waals surface area contributed by atoms with E-state index in [-0.39, 0.29) is 24.3 Å². The lowest BCUT2D eigenvalue weighted by molar-refractivity contribution is -0.139. The number of benzene rings is 1. The second kappa shape index (κ2) is 10.6. The Morgan fingerprint density at radius 2 is 1.65 bits per heavy atom. The van der Waals surface area contributed by atoms with Crippen LogP contribution in [-0.2, 0) is 11.0 Å². The van der Waals surface area contributed by atoms with Crippen molar-refractivity contribution in [2.75, 3.05) is 13.1 Å². The highest BCUT2D eigenvalue weighted by Crippen LogP contribution is 2.45. The van der Waals surface area contributed by atoms with Gasteiger partial charge in [0.25, 0.3) is 0 Å². The molecular formula is C28H40F3NO2. The molecule has 0 spiro atoms. The molecule has 3 aliphatic carbocycles. The Bertz CT molecular complexity index is 810. The van der Waals surface area contributed by atoms with Gasteiger partial charge in [0, 0.05) is 25.6 Å². The Labute approximate surface area is 202 Å². The summed E-state index contributed by atoms with van der Waals surface area (Å²) < 4.78 is 39.6. The smallest absolute Gasteiger partial charge is 0.416 e. The van der Waals surface area contributed by atoms with Crippen molar-refractivity contribution < 1.29 is 23.1 Å². The standard InChI is InChI=1S/C28H40F3NO2/c1-27(14-4-5-15-27)19-32(18-20-6-2-3-7-20)25-13-8-21(17-26(33)34)16-24(25)22-9-11-23(12-10-22)28(29,30)31/h9-12,20-21,24-25H,2-8,13-19H2,1H3,(H,33,34)/t21?,24?,25-/m1/s1. The third-order valence-electron chi connectivity index (χ3n) is 8.88. The number of carbonyl (C=O) groups is 1. The molecule has 0 heterocycles. The Morgan fingerprint density at radius 3 is 2.24 bits per heavy atom. The highest BCUT2D eigenvalue weighted by atomic mass is 19.4. The number of hydrogen-bond donors (Lipinski definition) is 1. The van der Waals surface area contributed by atoms with Crippen molar-refractivity contribution in [3.8, 4) is 0 Å². The second-order valence-corrected chi connectivity index (χ2v) is 11.7. The molecule has 1 aromatic rings. The van der Waals surface area contributed by atoms with Crippen molar-refractivity contribution in [2.24, 2.45) is 17.3 Å². The minimum absolute atomic E-state index is 0.0757. The van der Waals surface area contributed by atoms with E-state index >= 15 is 0 Å². The lowest BCUT2D eigenvalue weighted by Crippen LogP contribution is -2.48. The highest BCUT2D eigenvalue weighted by molar-refractivity contribution is 5.67. The zero-order chi connectivity index (χ0) is 24.3. The molecule has 2 unspecified atom stereocenters. The first-order valence-corrected chi connectivity index (χ1v) is 13.3.